The van der Waals surface area contributed by atoms with Crippen LogP contribution in [0, 0.1) is 0 Å². The highest BCUT2D eigenvalue weighted by atomic mass is 19.3. The zero-order valence-electron chi connectivity index (χ0n) is 4.42. The monoisotopic (exact) mass is 114 g/mol. The Balaban J connectivity index is 0. The summed E-state index contributed by atoms with van der Waals surface area (Å²) >= 11 is 0. The lowest BCUT2D eigenvalue weighted by atomic mass is 10.9. The Kier molecular flexibility index (Phi) is 13.1. The minimum Gasteiger partial charge on any atom is -0.251 e. The van der Waals surface area contributed by atoms with Gasteiger partial charge in [-0.3, -0.25) is 4.39 Å². The molecule has 0 heterocycles. The Morgan fingerprint density at radius 3 is 1.43 bits per heavy atom. The van der Waals surface area contributed by atoms with Crippen LogP contribution in [0.4, 0.5) is 13.2 Å². The van der Waals surface area contributed by atoms with Gasteiger partial charge in [0.05, 0.1) is 6.67 Å². The lowest BCUT2D eigenvalue weighted by Gasteiger charge is -1.70. The molecule has 7 heavy (non-hydrogen) atoms. The van der Waals surface area contributed by atoms with Crippen molar-refractivity contribution in [3.05, 3.63) is 0 Å². The minimum atomic E-state index is -2.17. The van der Waals surface area contributed by atoms with Gasteiger partial charge in [0.2, 0.25) is 6.43 Å². The maximum absolute atomic E-state index is 10.3. The SMILES string of the molecule is CC(F)F.CCF. The Labute approximate surface area is 41.3 Å². The van der Waals surface area contributed by atoms with E-state index in [9.17, 15) is 13.2 Å². The first-order valence-electron chi connectivity index (χ1n) is 1.99. The molecule has 0 fully saturated rings. The summed E-state index contributed by atoms with van der Waals surface area (Å²) in [6.45, 7) is 2.04. The van der Waals surface area contributed by atoms with Crippen molar-refractivity contribution in [2.45, 2.75) is 20.3 Å². The molecule has 0 aromatic carbocycles. The first-order valence-corrected chi connectivity index (χ1v) is 1.99. The number of rotatable bonds is 0. The Morgan fingerprint density at radius 2 is 1.43 bits per heavy atom. The van der Waals surface area contributed by atoms with Crippen LogP contribution in [0.5, 0.6) is 0 Å². The average molecular weight is 114 g/mol. The third-order valence-electron chi connectivity index (χ3n) is 0. The molecule has 0 rings (SSSR count). The van der Waals surface area contributed by atoms with E-state index in [1.807, 2.05) is 0 Å². The van der Waals surface area contributed by atoms with E-state index in [-0.39, 0.29) is 6.67 Å². The molecule has 0 aromatic heterocycles. The molecule has 0 aliphatic rings. The van der Waals surface area contributed by atoms with Crippen LogP contribution in [-0.4, -0.2) is 13.1 Å². The maximum atomic E-state index is 10.3. The number of hydrogen-bond donors (Lipinski definition) is 0. The summed E-state index contributed by atoms with van der Waals surface area (Å²) in [4.78, 5) is 0. The third kappa shape index (κ3) is 1890. The molecule has 0 unspecified atom stereocenters. The molecule has 0 bridgehead atoms. The van der Waals surface area contributed by atoms with Crippen LogP contribution < -0.4 is 0 Å². The predicted molar refractivity (Wildman–Crippen MR) is 23.3 cm³/mol. The van der Waals surface area contributed by atoms with Crippen molar-refractivity contribution in [2.75, 3.05) is 6.67 Å². The fourth-order valence-corrected chi connectivity index (χ4v) is 0. The molecule has 0 N–H and O–H groups in total. The molecule has 0 nitrogen and oxygen atoms in total. The van der Waals surface area contributed by atoms with Gasteiger partial charge in [-0.1, -0.05) is 0 Å². The highest BCUT2D eigenvalue weighted by Gasteiger charge is 1.79. The largest absolute Gasteiger partial charge is 0.251 e. The highest BCUT2D eigenvalue weighted by Crippen LogP contribution is 1.82. The van der Waals surface area contributed by atoms with E-state index >= 15 is 0 Å². The second kappa shape index (κ2) is 9.25. The first kappa shape index (κ1) is 9.92. The van der Waals surface area contributed by atoms with Gasteiger partial charge < -0.3 is 0 Å². The summed E-state index contributed by atoms with van der Waals surface area (Å²) in [5, 5.41) is 0. The van der Waals surface area contributed by atoms with E-state index in [4.69, 9.17) is 0 Å². The van der Waals surface area contributed by atoms with Crippen molar-refractivity contribution in [2.24, 2.45) is 0 Å². The normalized spacial score (nSPS) is 7.71. The van der Waals surface area contributed by atoms with Gasteiger partial charge in [-0.2, -0.15) is 0 Å². The molecule has 0 amide bonds. The molecular formula is C4H9F3. The van der Waals surface area contributed by atoms with Gasteiger partial charge in [0.15, 0.2) is 0 Å². The van der Waals surface area contributed by atoms with Crippen LogP contribution >= 0.6 is 0 Å². The molecule has 0 saturated heterocycles. The van der Waals surface area contributed by atoms with E-state index in [2.05, 4.69) is 0 Å². The van der Waals surface area contributed by atoms with Crippen LogP contribution in [0.2, 0.25) is 0 Å². The second-order valence-corrected chi connectivity index (χ2v) is 0.786. The van der Waals surface area contributed by atoms with E-state index in [1.165, 1.54) is 6.92 Å². The molecule has 0 aromatic rings. The van der Waals surface area contributed by atoms with E-state index in [0.29, 0.717) is 0 Å². The van der Waals surface area contributed by atoms with Crippen molar-refractivity contribution in [1.82, 2.24) is 0 Å². The summed E-state index contributed by atoms with van der Waals surface area (Å²) in [6, 6.07) is 0. The molecule has 0 saturated carbocycles. The topological polar surface area (TPSA) is 0 Å². The quantitative estimate of drug-likeness (QED) is 0.453. The summed E-state index contributed by atoms with van der Waals surface area (Å²) in [6.07, 6.45) is -2.17. The number of hydrogen-bond acceptors (Lipinski definition) is 0. The number of alkyl halides is 3. The van der Waals surface area contributed by atoms with Crippen molar-refractivity contribution in [3.63, 3.8) is 0 Å². The lowest BCUT2D eigenvalue weighted by Crippen LogP contribution is -1.69. The molecule has 3 heteroatoms. The standard InChI is InChI=1S/C2H4F2.C2H5F/c1-2(3)4;1-2-3/h2H,1H3;2H2,1H3. The van der Waals surface area contributed by atoms with Crippen LogP contribution in [-0.2, 0) is 0 Å². The van der Waals surface area contributed by atoms with Gasteiger partial charge in [-0.15, -0.1) is 0 Å². The van der Waals surface area contributed by atoms with E-state index < -0.39 is 6.43 Å². The Morgan fingerprint density at radius 1 is 1.43 bits per heavy atom. The fraction of sp³-hybridized carbons (Fsp3) is 1.00. The predicted octanol–water partition coefficient (Wildman–Crippen LogP) is 2.25. The zero-order valence-corrected chi connectivity index (χ0v) is 4.42. The van der Waals surface area contributed by atoms with E-state index in [0.717, 1.165) is 6.92 Å². The van der Waals surface area contributed by atoms with Crippen molar-refractivity contribution in [1.29, 1.82) is 0 Å². The van der Waals surface area contributed by atoms with Gasteiger partial charge in [0.25, 0.3) is 0 Å². The summed E-state index contributed by atoms with van der Waals surface area (Å²) in [5.74, 6) is 0. The molecule has 46 valence electrons. The minimum absolute atomic E-state index is 0.250. The van der Waals surface area contributed by atoms with Crippen molar-refractivity contribution >= 4 is 0 Å². The molecule has 0 aliphatic carbocycles. The molecular weight excluding hydrogens is 105 g/mol. The lowest BCUT2D eigenvalue weighted by molar-refractivity contribution is 0.171. The van der Waals surface area contributed by atoms with Crippen LogP contribution in [0.3, 0.4) is 0 Å². The fourth-order valence-electron chi connectivity index (χ4n) is 0. The van der Waals surface area contributed by atoms with Crippen LogP contribution in [0.1, 0.15) is 13.8 Å². The summed E-state index contributed by atoms with van der Waals surface area (Å²) < 4.78 is 31.0. The Bertz CT molecular complexity index is 18.1. The molecule has 0 spiro atoms. The zero-order chi connectivity index (χ0) is 6.28. The van der Waals surface area contributed by atoms with Crippen molar-refractivity contribution in [3.8, 4) is 0 Å². The van der Waals surface area contributed by atoms with Gasteiger partial charge in [0, 0.05) is 0 Å². The van der Waals surface area contributed by atoms with Gasteiger partial charge in [-0.25, -0.2) is 8.78 Å². The Hall–Kier alpha value is -0.210. The van der Waals surface area contributed by atoms with Gasteiger partial charge in [0.1, 0.15) is 0 Å². The number of halogens is 3. The van der Waals surface area contributed by atoms with Crippen molar-refractivity contribution < 1.29 is 13.2 Å². The molecule has 0 aliphatic heterocycles. The smallest absolute Gasteiger partial charge is 0.235 e. The highest BCUT2D eigenvalue weighted by molar-refractivity contribution is 4.06. The third-order valence-corrected chi connectivity index (χ3v) is 0. The summed E-state index contributed by atoms with van der Waals surface area (Å²) in [7, 11) is 0. The van der Waals surface area contributed by atoms with Crippen LogP contribution in [0.25, 0.3) is 0 Å². The maximum Gasteiger partial charge on any atom is 0.235 e. The first-order chi connectivity index (χ1) is 3.15. The van der Waals surface area contributed by atoms with Gasteiger partial charge in [-0.05, 0) is 13.8 Å². The molecule has 0 atom stereocenters. The summed E-state index contributed by atoms with van der Waals surface area (Å²) in [5.41, 5.74) is 0. The van der Waals surface area contributed by atoms with Gasteiger partial charge >= 0.3 is 0 Å². The second-order valence-electron chi connectivity index (χ2n) is 0.786. The van der Waals surface area contributed by atoms with E-state index in [1.54, 1.807) is 0 Å². The molecule has 0 radical (unpaired) electrons. The van der Waals surface area contributed by atoms with Crippen LogP contribution in [0.15, 0.2) is 0 Å². The average Bonchev–Trinajstić information content (AvgIpc) is 1.33.